The maximum absolute atomic E-state index is 11.2. The molecule has 0 radical (unpaired) electrons. The van der Waals surface area contributed by atoms with E-state index in [1.165, 1.54) is 6.08 Å². The molecule has 0 amide bonds. The number of rotatable bonds is 1. The van der Waals surface area contributed by atoms with Crippen LogP contribution in [0.25, 0.3) is 0 Å². The lowest BCUT2D eigenvalue weighted by Crippen LogP contribution is -2.18. The molecule has 2 rings (SSSR count). The molecule has 0 spiro atoms. The summed E-state index contributed by atoms with van der Waals surface area (Å²) in [6.45, 7) is 0. The summed E-state index contributed by atoms with van der Waals surface area (Å²) in [6, 6.07) is 0. The van der Waals surface area contributed by atoms with Gasteiger partial charge in [-0.3, -0.25) is 0 Å². The molecule has 1 unspecified atom stereocenters. The third kappa shape index (κ3) is 2.00. The van der Waals surface area contributed by atoms with Crippen molar-refractivity contribution in [2.24, 2.45) is 5.92 Å². The fraction of sp³-hybridized carbons (Fsp3) is 0.125. The third-order valence-electron chi connectivity index (χ3n) is 3.10. The highest BCUT2D eigenvalue weighted by atomic mass is 16.1. The van der Waals surface area contributed by atoms with E-state index in [9.17, 15) is 14.4 Å². The minimum atomic E-state index is -0.508. The van der Waals surface area contributed by atoms with E-state index in [-0.39, 0.29) is 16.7 Å². The van der Waals surface area contributed by atoms with Crippen LogP contribution < -0.4 is 0 Å². The monoisotopic (exact) mass is 248 g/mol. The van der Waals surface area contributed by atoms with Crippen molar-refractivity contribution in [1.82, 2.24) is 0 Å². The maximum Gasteiger partial charge on any atom is 0.134 e. The van der Waals surface area contributed by atoms with E-state index in [0.717, 1.165) is 5.57 Å². The van der Waals surface area contributed by atoms with Crippen molar-refractivity contribution in [3.63, 3.8) is 0 Å². The maximum atomic E-state index is 11.2. The van der Waals surface area contributed by atoms with Crippen LogP contribution in [0.5, 0.6) is 0 Å². The zero-order chi connectivity index (χ0) is 13.8. The largest absolute Gasteiger partial charge is 0.233 e. The van der Waals surface area contributed by atoms with Crippen LogP contribution in [0.4, 0.5) is 0 Å². The van der Waals surface area contributed by atoms with Gasteiger partial charge in [0, 0.05) is 5.57 Å². The number of terminal acetylenes is 1. The first-order valence-corrected chi connectivity index (χ1v) is 5.56. The molecular formula is C16H8O3. The van der Waals surface area contributed by atoms with Crippen LogP contribution >= 0.6 is 0 Å². The average Bonchev–Trinajstić information content (AvgIpc) is 2.98. The summed E-state index contributed by atoms with van der Waals surface area (Å²) < 4.78 is 0. The Morgan fingerprint density at radius 3 is 2.42 bits per heavy atom. The molecule has 2 aliphatic carbocycles. The summed E-state index contributed by atoms with van der Waals surface area (Å²) in [6.07, 6.45) is 13.1. The van der Waals surface area contributed by atoms with Gasteiger partial charge in [0.25, 0.3) is 0 Å². The fourth-order valence-electron chi connectivity index (χ4n) is 2.24. The van der Waals surface area contributed by atoms with Crippen LogP contribution in [0.3, 0.4) is 0 Å². The lowest BCUT2D eigenvalue weighted by atomic mass is 9.75. The molecule has 0 saturated carbocycles. The van der Waals surface area contributed by atoms with E-state index in [4.69, 9.17) is 6.42 Å². The predicted octanol–water partition coefficient (Wildman–Crippen LogP) is 1.34. The van der Waals surface area contributed by atoms with Gasteiger partial charge >= 0.3 is 0 Å². The summed E-state index contributed by atoms with van der Waals surface area (Å²) in [4.78, 5) is 33.0. The van der Waals surface area contributed by atoms with E-state index in [1.807, 2.05) is 18.2 Å². The normalized spacial score (nSPS) is 21.0. The van der Waals surface area contributed by atoms with Crippen molar-refractivity contribution in [3.05, 3.63) is 52.2 Å². The van der Waals surface area contributed by atoms with Gasteiger partial charge in [-0.05, 0) is 12.5 Å². The summed E-state index contributed by atoms with van der Waals surface area (Å²) in [5, 5.41) is 0. The van der Waals surface area contributed by atoms with E-state index in [2.05, 4.69) is 5.92 Å². The Bertz CT molecular complexity index is 718. The van der Waals surface area contributed by atoms with Crippen LogP contribution in [0, 0.1) is 18.3 Å². The number of carbonyl (C=O) groups excluding carboxylic acids is 3. The topological polar surface area (TPSA) is 51.2 Å². The van der Waals surface area contributed by atoms with Gasteiger partial charge in [-0.25, -0.2) is 14.4 Å². The van der Waals surface area contributed by atoms with Crippen LogP contribution in [0.15, 0.2) is 52.2 Å². The van der Waals surface area contributed by atoms with Gasteiger partial charge in [0.2, 0.25) is 0 Å². The summed E-state index contributed by atoms with van der Waals surface area (Å²) in [5.41, 5.74) is 1.23. The molecule has 0 saturated heterocycles. The highest BCUT2D eigenvalue weighted by Crippen LogP contribution is 2.40. The molecule has 0 aromatic carbocycles. The molecule has 90 valence electrons. The van der Waals surface area contributed by atoms with Gasteiger partial charge in [-0.15, -0.1) is 6.42 Å². The predicted molar refractivity (Wildman–Crippen MR) is 69.9 cm³/mol. The molecule has 3 nitrogen and oxygen atoms in total. The number of hydrogen-bond donors (Lipinski definition) is 0. The summed E-state index contributed by atoms with van der Waals surface area (Å²) in [7, 11) is 0. The van der Waals surface area contributed by atoms with Crippen LogP contribution in [-0.4, -0.2) is 17.8 Å². The first-order valence-electron chi connectivity index (χ1n) is 5.56. The quantitative estimate of drug-likeness (QED) is 0.519. The smallest absolute Gasteiger partial charge is 0.134 e. The molecule has 0 fully saturated rings. The standard InChI is InChI=1S/C16H8O3/c1-2-11-7-13(8-17)14(9-18)15(10-19)16(11)12-5-3-4-6-12/h1,3-5,7,16H,6H2. The minimum Gasteiger partial charge on any atom is -0.233 e. The molecule has 0 aromatic heterocycles. The van der Waals surface area contributed by atoms with Gasteiger partial charge in [0.15, 0.2) is 0 Å². The van der Waals surface area contributed by atoms with Crippen molar-refractivity contribution < 1.29 is 14.4 Å². The van der Waals surface area contributed by atoms with E-state index < -0.39 is 5.92 Å². The second kappa shape index (κ2) is 5.19. The number of allylic oxidation sites excluding steroid dienone is 9. The molecule has 0 N–H and O–H groups in total. The average molecular weight is 248 g/mol. The molecule has 0 heterocycles. The van der Waals surface area contributed by atoms with Crippen molar-refractivity contribution in [1.29, 1.82) is 0 Å². The SMILES string of the molecule is C#CC1=CC(=C=O)C(=C=O)C(=C=O)C1C1=CC=CC1. The summed E-state index contributed by atoms with van der Waals surface area (Å²) in [5.74, 6) is 6.88. The highest BCUT2D eigenvalue weighted by molar-refractivity contribution is 5.89. The Morgan fingerprint density at radius 2 is 1.95 bits per heavy atom. The Morgan fingerprint density at radius 1 is 1.16 bits per heavy atom. The molecular weight excluding hydrogens is 240 g/mol. The van der Waals surface area contributed by atoms with Crippen molar-refractivity contribution in [2.45, 2.75) is 6.42 Å². The van der Waals surface area contributed by atoms with Gasteiger partial charge in [0.05, 0.1) is 22.6 Å². The molecule has 2 aliphatic rings. The van der Waals surface area contributed by atoms with Crippen LogP contribution in [0.2, 0.25) is 0 Å². The second-order valence-corrected chi connectivity index (χ2v) is 4.06. The molecule has 0 aromatic rings. The first kappa shape index (κ1) is 12.6. The molecule has 0 aliphatic heterocycles. The van der Waals surface area contributed by atoms with Gasteiger partial charge in [-0.2, -0.15) is 0 Å². The van der Waals surface area contributed by atoms with E-state index >= 15 is 0 Å². The van der Waals surface area contributed by atoms with Gasteiger partial charge < -0.3 is 0 Å². The third-order valence-corrected chi connectivity index (χ3v) is 3.10. The fourth-order valence-corrected chi connectivity index (χ4v) is 2.24. The Kier molecular flexibility index (Phi) is 3.44. The van der Waals surface area contributed by atoms with Crippen molar-refractivity contribution in [3.8, 4) is 12.3 Å². The Balaban J connectivity index is 2.71. The Hall–Kier alpha value is -2.87. The zero-order valence-electron chi connectivity index (χ0n) is 9.90. The minimum absolute atomic E-state index is 0.0518. The zero-order valence-corrected chi connectivity index (χ0v) is 9.90. The molecule has 1 atom stereocenters. The van der Waals surface area contributed by atoms with E-state index in [0.29, 0.717) is 12.0 Å². The van der Waals surface area contributed by atoms with Crippen molar-refractivity contribution >= 4 is 17.8 Å². The van der Waals surface area contributed by atoms with Gasteiger partial charge in [0.1, 0.15) is 17.8 Å². The first-order chi connectivity index (χ1) is 9.26. The lowest BCUT2D eigenvalue weighted by molar-refractivity contribution is 0.560. The molecule has 19 heavy (non-hydrogen) atoms. The van der Waals surface area contributed by atoms with Crippen molar-refractivity contribution in [2.75, 3.05) is 0 Å². The van der Waals surface area contributed by atoms with E-state index in [1.54, 1.807) is 17.8 Å². The Labute approximate surface area is 110 Å². The number of hydrogen-bond acceptors (Lipinski definition) is 3. The summed E-state index contributed by atoms with van der Waals surface area (Å²) >= 11 is 0. The van der Waals surface area contributed by atoms with Crippen LogP contribution in [0.1, 0.15) is 6.42 Å². The second-order valence-electron chi connectivity index (χ2n) is 4.06. The lowest BCUT2D eigenvalue weighted by Gasteiger charge is -2.24. The van der Waals surface area contributed by atoms with Crippen LogP contribution in [-0.2, 0) is 14.4 Å². The molecule has 3 heteroatoms. The molecule has 0 bridgehead atoms. The highest BCUT2D eigenvalue weighted by Gasteiger charge is 2.33. The van der Waals surface area contributed by atoms with Gasteiger partial charge in [-0.1, -0.05) is 29.7 Å².